The van der Waals surface area contributed by atoms with Crippen LogP contribution in [0, 0.1) is 6.92 Å². The molecule has 1 fully saturated rings. The second-order valence-electron chi connectivity index (χ2n) is 10.5. The molecule has 0 bridgehead atoms. The fraction of sp³-hybridized carbons (Fsp3) is 0.355. The van der Waals surface area contributed by atoms with E-state index in [-0.39, 0.29) is 18.2 Å². The molecule has 0 saturated carbocycles. The molecule has 216 valence electrons. The van der Waals surface area contributed by atoms with Gasteiger partial charge in [-0.05, 0) is 62.3 Å². The molecule has 1 saturated heterocycles. The molecule has 0 spiro atoms. The van der Waals surface area contributed by atoms with Crippen molar-refractivity contribution in [2.75, 3.05) is 12.1 Å². The monoisotopic (exact) mass is 592 g/mol. The van der Waals surface area contributed by atoms with Gasteiger partial charge in [0.2, 0.25) is 5.91 Å². The van der Waals surface area contributed by atoms with Crippen molar-refractivity contribution in [3.63, 3.8) is 0 Å². The van der Waals surface area contributed by atoms with Crippen LogP contribution in [0.25, 0.3) is 0 Å². The second kappa shape index (κ2) is 13.5. The van der Waals surface area contributed by atoms with Crippen molar-refractivity contribution in [1.82, 2.24) is 20.5 Å². The largest absolute Gasteiger partial charge is 0.381 e. The first kappa shape index (κ1) is 30.6. The summed E-state index contributed by atoms with van der Waals surface area (Å²) in [5, 5.41) is 17.9. The Morgan fingerprint density at radius 3 is 2.51 bits per heavy atom. The number of benzene rings is 2. The van der Waals surface area contributed by atoms with E-state index in [1.807, 2.05) is 81.6 Å². The molecule has 3 N–H and O–H groups in total. The SMILES string of the molecule is CSc1ncccc1C(=O)N[C@@H](Cc1ccccc1)[C@H](O)C(=O)N1CSC(C)(C)[C@H]1C(=O)NCc1ccccc1C. The molecular weight excluding hydrogens is 556 g/mol. The molecule has 1 aliphatic rings. The molecule has 2 aromatic carbocycles. The molecular formula is C31H36N4O4S2. The smallest absolute Gasteiger partial charge is 0.254 e. The fourth-order valence-electron chi connectivity index (χ4n) is 4.92. The Hall–Kier alpha value is -3.34. The van der Waals surface area contributed by atoms with Crippen LogP contribution in [0.2, 0.25) is 0 Å². The van der Waals surface area contributed by atoms with Crippen molar-refractivity contribution >= 4 is 41.2 Å². The lowest BCUT2D eigenvalue weighted by Gasteiger charge is -2.33. The molecule has 0 unspecified atom stereocenters. The zero-order chi connectivity index (χ0) is 29.6. The Morgan fingerprint density at radius 1 is 1.10 bits per heavy atom. The average Bonchev–Trinajstić information content (AvgIpc) is 3.30. The third kappa shape index (κ3) is 7.30. The first-order valence-corrected chi connectivity index (χ1v) is 15.6. The molecule has 3 atom stereocenters. The summed E-state index contributed by atoms with van der Waals surface area (Å²) in [5.41, 5.74) is 3.27. The number of hydrogen-bond acceptors (Lipinski definition) is 7. The highest BCUT2D eigenvalue weighted by Gasteiger charge is 2.49. The van der Waals surface area contributed by atoms with E-state index in [1.165, 1.54) is 28.4 Å². The molecule has 3 aromatic rings. The Kier molecular flexibility index (Phi) is 10.1. The molecule has 1 aliphatic heterocycles. The number of hydrogen-bond donors (Lipinski definition) is 3. The van der Waals surface area contributed by atoms with Crippen molar-refractivity contribution < 1.29 is 19.5 Å². The Morgan fingerprint density at radius 2 is 1.80 bits per heavy atom. The maximum Gasteiger partial charge on any atom is 0.254 e. The first-order valence-electron chi connectivity index (χ1n) is 13.4. The predicted molar refractivity (Wildman–Crippen MR) is 164 cm³/mol. The van der Waals surface area contributed by atoms with Gasteiger partial charge in [0.15, 0.2) is 6.10 Å². The number of amides is 3. The quantitative estimate of drug-likeness (QED) is 0.307. The van der Waals surface area contributed by atoms with Gasteiger partial charge < -0.3 is 20.6 Å². The summed E-state index contributed by atoms with van der Waals surface area (Å²) in [4.78, 5) is 46.4. The number of thioether (sulfide) groups is 2. The topological polar surface area (TPSA) is 112 Å². The van der Waals surface area contributed by atoms with Crippen LogP contribution in [-0.2, 0) is 22.6 Å². The number of rotatable bonds is 10. The summed E-state index contributed by atoms with van der Waals surface area (Å²) >= 11 is 2.82. The van der Waals surface area contributed by atoms with Crippen LogP contribution >= 0.6 is 23.5 Å². The van der Waals surface area contributed by atoms with Crippen LogP contribution in [0.15, 0.2) is 78.0 Å². The van der Waals surface area contributed by atoms with Gasteiger partial charge in [-0.25, -0.2) is 4.98 Å². The number of carbonyl (C=O) groups is 3. The number of carbonyl (C=O) groups excluding carboxylic acids is 3. The van der Waals surface area contributed by atoms with Gasteiger partial charge in [0.1, 0.15) is 11.1 Å². The van der Waals surface area contributed by atoms with Crippen LogP contribution in [0.5, 0.6) is 0 Å². The van der Waals surface area contributed by atoms with Gasteiger partial charge in [0.25, 0.3) is 11.8 Å². The number of aliphatic hydroxyl groups is 1. The highest BCUT2D eigenvalue weighted by atomic mass is 32.2. The Bertz CT molecular complexity index is 1390. The lowest BCUT2D eigenvalue weighted by Crippen LogP contribution is -2.58. The molecule has 8 nitrogen and oxygen atoms in total. The highest BCUT2D eigenvalue weighted by molar-refractivity contribution is 8.00. The van der Waals surface area contributed by atoms with Crippen molar-refractivity contribution in [3.05, 3.63) is 95.2 Å². The van der Waals surface area contributed by atoms with Gasteiger partial charge in [-0.1, -0.05) is 54.6 Å². The summed E-state index contributed by atoms with van der Waals surface area (Å²) in [6.45, 7) is 6.16. The number of aromatic nitrogens is 1. The van der Waals surface area contributed by atoms with Crippen molar-refractivity contribution in [3.8, 4) is 0 Å². The molecule has 41 heavy (non-hydrogen) atoms. The van der Waals surface area contributed by atoms with Gasteiger partial charge in [0.05, 0.1) is 17.5 Å². The van der Waals surface area contributed by atoms with Gasteiger partial charge in [-0.2, -0.15) is 0 Å². The molecule has 2 heterocycles. The number of aliphatic hydroxyl groups excluding tert-OH is 1. The first-order chi connectivity index (χ1) is 19.6. The van der Waals surface area contributed by atoms with Crippen molar-refractivity contribution in [2.24, 2.45) is 0 Å². The van der Waals surface area contributed by atoms with Gasteiger partial charge in [-0.3, -0.25) is 14.4 Å². The number of nitrogens with one attached hydrogen (secondary N) is 2. The summed E-state index contributed by atoms with van der Waals surface area (Å²) in [6, 6.07) is 18.8. The zero-order valence-corrected chi connectivity index (χ0v) is 25.3. The Labute approximate surface area is 249 Å². The van der Waals surface area contributed by atoms with E-state index >= 15 is 0 Å². The van der Waals surface area contributed by atoms with Crippen LogP contribution in [-0.4, -0.2) is 67.8 Å². The van der Waals surface area contributed by atoms with E-state index in [0.29, 0.717) is 17.1 Å². The third-order valence-corrected chi connectivity index (χ3v) is 9.34. The number of nitrogens with zero attached hydrogens (tertiary/aromatic N) is 2. The Balaban J connectivity index is 1.56. The third-order valence-electron chi connectivity index (χ3n) is 7.25. The van der Waals surface area contributed by atoms with E-state index in [9.17, 15) is 19.5 Å². The van der Waals surface area contributed by atoms with Gasteiger partial charge >= 0.3 is 0 Å². The van der Waals surface area contributed by atoms with Crippen LogP contribution in [0.3, 0.4) is 0 Å². The normalized spacial score (nSPS) is 17.5. The average molecular weight is 593 g/mol. The summed E-state index contributed by atoms with van der Waals surface area (Å²) in [7, 11) is 0. The molecule has 0 radical (unpaired) electrons. The van der Waals surface area contributed by atoms with Crippen molar-refractivity contribution in [1.29, 1.82) is 0 Å². The maximum absolute atomic E-state index is 13.9. The molecule has 1 aromatic heterocycles. The number of aryl methyl sites for hydroxylation is 1. The minimum absolute atomic E-state index is 0.225. The highest BCUT2D eigenvalue weighted by Crippen LogP contribution is 2.40. The van der Waals surface area contributed by atoms with E-state index in [1.54, 1.807) is 18.3 Å². The molecule has 3 amide bonds. The van der Waals surface area contributed by atoms with Crippen LogP contribution < -0.4 is 10.6 Å². The van der Waals surface area contributed by atoms with Crippen molar-refractivity contribution in [2.45, 2.75) is 61.7 Å². The maximum atomic E-state index is 13.9. The fourth-order valence-corrected chi connectivity index (χ4v) is 6.61. The molecule has 0 aliphatic carbocycles. The zero-order valence-electron chi connectivity index (χ0n) is 23.7. The summed E-state index contributed by atoms with van der Waals surface area (Å²) in [6.07, 6.45) is 2.09. The summed E-state index contributed by atoms with van der Waals surface area (Å²) < 4.78 is -0.577. The van der Waals surface area contributed by atoms with Gasteiger partial charge in [0, 0.05) is 17.5 Å². The van der Waals surface area contributed by atoms with Crippen LogP contribution in [0.4, 0.5) is 0 Å². The standard InChI is InChI=1S/C31H36N4O4S2/c1-20-11-8-9-14-22(20)18-33-28(38)26-31(2,3)41-19-35(26)30(39)25(36)24(17-21-12-6-5-7-13-21)34-27(37)23-15-10-16-32-29(23)40-4/h5-16,24-26,36H,17-19H2,1-4H3,(H,33,38)(H,34,37)/t24-,25-,26+/m0/s1. The van der Waals surface area contributed by atoms with Crippen LogP contribution in [0.1, 0.15) is 40.9 Å². The molecule has 10 heteroatoms. The predicted octanol–water partition coefficient (Wildman–Crippen LogP) is 3.81. The lowest BCUT2D eigenvalue weighted by molar-refractivity contribution is -0.147. The minimum Gasteiger partial charge on any atom is -0.381 e. The second-order valence-corrected chi connectivity index (χ2v) is 12.9. The summed E-state index contributed by atoms with van der Waals surface area (Å²) in [5.74, 6) is -1.07. The minimum atomic E-state index is -1.57. The molecule has 4 rings (SSSR count). The number of pyridine rings is 1. The lowest BCUT2D eigenvalue weighted by atomic mass is 9.97. The van der Waals surface area contributed by atoms with E-state index in [2.05, 4.69) is 15.6 Å². The van der Waals surface area contributed by atoms with Gasteiger partial charge in [-0.15, -0.1) is 23.5 Å². The van der Waals surface area contributed by atoms with E-state index in [0.717, 1.165) is 16.7 Å². The van der Waals surface area contributed by atoms with E-state index < -0.39 is 34.7 Å². The van der Waals surface area contributed by atoms with E-state index in [4.69, 9.17) is 0 Å².